The molecule has 2 N–H and O–H groups in total. The molecule has 1 amide bonds. The molecule has 2 heterocycles. The molecule has 0 spiro atoms. The Balaban J connectivity index is 2.16. The number of nitrogens with one attached hydrogen (secondary N) is 2. The molecular weight excluding hydrogens is 220 g/mol. The normalized spacial score (nSPS) is 19.1. The molecule has 1 saturated heterocycles. The predicted molar refractivity (Wildman–Crippen MR) is 61.8 cm³/mol. The van der Waals surface area contributed by atoms with Gasteiger partial charge in [0.2, 0.25) is 5.56 Å². The number of carbonyl (C=O) groups excluding carboxylic acids is 1. The summed E-state index contributed by atoms with van der Waals surface area (Å²) < 4.78 is 5.14. The van der Waals surface area contributed by atoms with Crippen LogP contribution in [0.3, 0.4) is 0 Å². The molecule has 1 aliphatic rings. The minimum absolute atomic E-state index is 0.142. The number of benzene rings is 1. The fraction of sp³-hybridized carbons (Fsp3) is 0.167. The van der Waals surface area contributed by atoms with Gasteiger partial charge in [-0.1, -0.05) is 12.1 Å². The van der Waals surface area contributed by atoms with Crippen LogP contribution in [-0.2, 0) is 4.74 Å². The Morgan fingerprint density at radius 2 is 2.06 bits per heavy atom. The highest BCUT2D eigenvalue weighted by atomic mass is 16.6. The summed E-state index contributed by atoms with van der Waals surface area (Å²) in [6.07, 6.45) is -0.700. The van der Waals surface area contributed by atoms with Crippen LogP contribution in [0.15, 0.2) is 35.1 Å². The Labute approximate surface area is 96.4 Å². The van der Waals surface area contributed by atoms with Crippen molar-refractivity contribution in [1.82, 2.24) is 10.3 Å². The molecule has 86 valence electrons. The summed E-state index contributed by atoms with van der Waals surface area (Å²) in [7, 11) is 0. The van der Waals surface area contributed by atoms with Crippen molar-refractivity contribution >= 4 is 17.0 Å². The molecule has 17 heavy (non-hydrogen) atoms. The van der Waals surface area contributed by atoms with Crippen molar-refractivity contribution in [3.05, 3.63) is 46.2 Å². The molecule has 0 saturated carbocycles. The van der Waals surface area contributed by atoms with Gasteiger partial charge in [-0.05, 0) is 12.1 Å². The monoisotopic (exact) mass is 230 g/mol. The van der Waals surface area contributed by atoms with Gasteiger partial charge in [-0.2, -0.15) is 0 Å². The van der Waals surface area contributed by atoms with Crippen LogP contribution in [0, 0.1) is 0 Å². The lowest BCUT2D eigenvalue weighted by Gasteiger charge is -2.10. The number of cyclic esters (lactones) is 1. The zero-order valence-corrected chi connectivity index (χ0v) is 8.90. The van der Waals surface area contributed by atoms with E-state index in [-0.39, 0.29) is 11.7 Å². The van der Waals surface area contributed by atoms with Gasteiger partial charge in [0.1, 0.15) is 6.10 Å². The van der Waals surface area contributed by atoms with Crippen molar-refractivity contribution in [3.8, 4) is 0 Å². The predicted octanol–water partition coefficient (Wildman–Crippen LogP) is 1.31. The first-order chi connectivity index (χ1) is 8.24. The van der Waals surface area contributed by atoms with E-state index >= 15 is 0 Å². The van der Waals surface area contributed by atoms with Crippen molar-refractivity contribution < 1.29 is 9.53 Å². The second-order valence-electron chi connectivity index (χ2n) is 3.91. The molecule has 1 aromatic carbocycles. The maximum Gasteiger partial charge on any atom is 0.407 e. The number of aromatic nitrogens is 1. The maximum absolute atomic E-state index is 11.2. The fourth-order valence-corrected chi connectivity index (χ4v) is 2.05. The van der Waals surface area contributed by atoms with E-state index in [0.717, 1.165) is 16.5 Å². The number of carbonyl (C=O) groups is 1. The van der Waals surface area contributed by atoms with Gasteiger partial charge in [-0.25, -0.2) is 4.79 Å². The number of ether oxygens (including phenoxy) is 1. The minimum Gasteiger partial charge on any atom is -0.439 e. The van der Waals surface area contributed by atoms with Crippen LogP contribution in [0.25, 0.3) is 10.9 Å². The standard InChI is InChI=1S/C12H10N2O3/c15-11-5-4-7-8(2-1-3-9(7)14-11)10-6-13-12(16)17-10/h1-5,10H,6H2,(H,13,16)(H,14,15). The van der Waals surface area contributed by atoms with Gasteiger partial charge in [0.25, 0.3) is 0 Å². The van der Waals surface area contributed by atoms with Crippen molar-refractivity contribution in [1.29, 1.82) is 0 Å². The Morgan fingerprint density at radius 1 is 1.18 bits per heavy atom. The van der Waals surface area contributed by atoms with E-state index in [0.29, 0.717) is 6.54 Å². The second-order valence-corrected chi connectivity index (χ2v) is 3.91. The van der Waals surface area contributed by atoms with Crippen LogP contribution in [-0.4, -0.2) is 17.6 Å². The van der Waals surface area contributed by atoms with Gasteiger partial charge in [0.05, 0.1) is 6.54 Å². The molecule has 1 aliphatic heterocycles. The highest BCUT2D eigenvalue weighted by molar-refractivity contribution is 5.83. The Hall–Kier alpha value is -2.30. The Morgan fingerprint density at radius 3 is 2.82 bits per heavy atom. The van der Waals surface area contributed by atoms with E-state index in [4.69, 9.17) is 4.74 Å². The van der Waals surface area contributed by atoms with Gasteiger partial charge in [0.15, 0.2) is 0 Å². The largest absolute Gasteiger partial charge is 0.439 e. The molecule has 1 aromatic heterocycles. The molecule has 0 bridgehead atoms. The molecule has 1 atom stereocenters. The number of hydrogen-bond donors (Lipinski definition) is 2. The van der Waals surface area contributed by atoms with Gasteiger partial charge in [-0.3, -0.25) is 4.79 Å². The van der Waals surface area contributed by atoms with Crippen LogP contribution in [0.2, 0.25) is 0 Å². The average Bonchev–Trinajstić information content (AvgIpc) is 2.74. The highest BCUT2D eigenvalue weighted by Gasteiger charge is 2.25. The summed E-state index contributed by atoms with van der Waals surface area (Å²) in [6, 6.07) is 8.77. The maximum atomic E-state index is 11.2. The lowest BCUT2D eigenvalue weighted by atomic mass is 10.0. The van der Waals surface area contributed by atoms with E-state index in [1.807, 2.05) is 18.2 Å². The molecule has 1 fully saturated rings. The van der Waals surface area contributed by atoms with Crippen LogP contribution < -0.4 is 10.9 Å². The molecular formula is C12H10N2O3. The van der Waals surface area contributed by atoms with Crippen molar-refractivity contribution in [3.63, 3.8) is 0 Å². The van der Waals surface area contributed by atoms with Crippen molar-refractivity contribution in [2.45, 2.75) is 6.10 Å². The number of hydrogen-bond acceptors (Lipinski definition) is 3. The lowest BCUT2D eigenvalue weighted by Crippen LogP contribution is -2.12. The van der Waals surface area contributed by atoms with Gasteiger partial charge in [-0.15, -0.1) is 0 Å². The molecule has 2 aromatic rings. The van der Waals surface area contributed by atoms with E-state index in [2.05, 4.69) is 10.3 Å². The quantitative estimate of drug-likeness (QED) is 0.775. The third-order valence-corrected chi connectivity index (χ3v) is 2.83. The van der Waals surface area contributed by atoms with Crippen molar-refractivity contribution in [2.75, 3.05) is 6.54 Å². The molecule has 0 radical (unpaired) electrons. The number of aromatic amines is 1. The lowest BCUT2D eigenvalue weighted by molar-refractivity contribution is 0.142. The third kappa shape index (κ3) is 1.65. The Bertz CT molecular complexity index is 647. The second kappa shape index (κ2) is 3.62. The summed E-state index contributed by atoms with van der Waals surface area (Å²) in [6.45, 7) is 0.455. The van der Waals surface area contributed by atoms with E-state index in [9.17, 15) is 9.59 Å². The molecule has 3 rings (SSSR count). The average molecular weight is 230 g/mol. The highest BCUT2D eigenvalue weighted by Crippen LogP contribution is 2.26. The summed E-state index contributed by atoms with van der Waals surface area (Å²) in [5, 5.41) is 3.51. The summed E-state index contributed by atoms with van der Waals surface area (Å²) >= 11 is 0. The van der Waals surface area contributed by atoms with Gasteiger partial charge in [0, 0.05) is 22.5 Å². The first kappa shape index (κ1) is 9.89. The first-order valence-electron chi connectivity index (χ1n) is 5.30. The topological polar surface area (TPSA) is 71.2 Å². The van der Waals surface area contributed by atoms with Crippen LogP contribution in [0.4, 0.5) is 4.79 Å². The Kier molecular flexibility index (Phi) is 2.11. The van der Waals surface area contributed by atoms with Gasteiger partial charge < -0.3 is 15.0 Å². The number of fused-ring (bicyclic) bond motifs is 1. The van der Waals surface area contributed by atoms with E-state index < -0.39 is 6.09 Å². The van der Waals surface area contributed by atoms with Crippen LogP contribution >= 0.6 is 0 Å². The van der Waals surface area contributed by atoms with Crippen LogP contribution in [0.1, 0.15) is 11.7 Å². The number of alkyl carbamates (subject to hydrolysis) is 1. The number of H-pyrrole nitrogens is 1. The van der Waals surface area contributed by atoms with Gasteiger partial charge >= 0.3 is 6.09 Å². The molecule has 0 aliphatic carbocycles. The zero-order valence-electron chi connectivity index (χ0n) is 8.90. The van der Waals surface area contributed by atoms with Crippen molar-refractivity contribution in [2.24, 2.45) is 0 Å². The third-order valence-electron chi connectivity index (χ3n) is 2.83. The summed E-state index contributed by atoms with van der Waals surface area (Å²) in [5.41, 5.74) is 1.51. The number of rotatable bonds is 1. The SMILES string of the molecule is O=C1NCC(c2cccc3[nH]c(=O)ccc23)O1. The first-order valence-corrected chi connectivity index (χ1v) is 5.30. The number of pyridine rings is 1. The van der Waals surface area contributed by atoms with E-state index in [1.165, 1.54) is 6.07 Å². The summed E-state index contributed by atoms with van der Waals surface area (Å²) in [4.78, 5) is 25.0. The van der Waals surface area contributed by atoms with E-state index in [1.54, 1.807) is 6.07 Å². The number of amides is 1. The zero-order chi connectivity index (χ0) is 11.8. The molecule has 5 nitrogen and oxygen atoms in total. The molecule has 1 unspecified atom stereocenters. The van der Waals surface area contributed by atoms with Crippen LogP contribution in [0.5, 0.6) is 0 Å². The molecule has 5 heteroatoms. The minimum atomic E-state index is -0.406. The smallest absolute Gasteiger partial charge is 0.407 e. The summed E-state index contributed by atoms with van der Waals surface area (Å²) in [5.74, 6) is 0. The fourth-order valence-electron chi connectivity index (χ4n) is 2.05.